The summed E-state index contributed by atoms with van der Waals surface area (Å²) in [5.41, 5.74) is 5.88. The van der Waals surface area contributed by atoms with Crippen molar-refractivity contribution in [1.82, 2.24) is 0 Å². The highest BCUT2D eigenvalue weighted by Crippen LogP contribution is 2.18. The lowest BCUT2D eigenvalue weighted by atomic mass is 10.2. The number of carbonyl (C=O) groups is 1. The van der Waals surface area contributed by atoms with E-state index in [0.717, 1.165) is 0 Å². The Morgan fingerprint density at radius 2 is 2.19 bits per heavy atom. The van der Waals surface area contributed by atoms with E-state index >= 15 is 0 Å². The largest absolute Gasteiger partial charge is 0.459 e. The van der Waals surface area contributed by atoms with Crippen LogP contribution in [0.3, 0.4) is 0 Å². The number of amides is 1. The Morgan fingerprint density at radius 3 is 2.88 bits per heavy atom. The van der Waals surface area contributed by atoms with Gasteiger partial charge in [0.2, 0.25) is 0 Å². The number of halogens is 1. The third-order valence-corrected chi connectivity index (χ3v) is 1.98. The summed E-state index contributed by atoms with van der Waals surface area (Å²) in [6, 6.07) is 7.01. The molecule has 16 heavy (non-hydrogen) atoms. The van der Waals surface area contributed by atoms with E-state index in [1.165, 1.54) is 30.5 Å². The molecule has 0 unspecified atom stereocenters. The van der Waals surface area contributed by atoms with Crippen LogP contribution in [0.2, 0.25) is 0 Å². The van der Waals surface area contributed by atoms with Crippen molar-refractivity contribution in [3.05, 3.63) is 48.2 Å². The second-order valence-corrected chi connectivity index (χ2v) is 3.17. The summed E-state index contributed by atoms with van der Waals surface area (Å²) >= 11 is 0. The molecule has 0 aliphatic carbocycles. The fourth-order valence-corrected chi connectivity index (χ4v) is 1.23. The van der Waals surface area contributed by atoms with Gasteiger partial charge < -0.3 is 15.5 Å². The number of anilines is 2. The van der Waals surface area contributed by atoms with E-state index < -0.39 is 11.7 Å². The topological polar surface area (TPSA) is 68.3 Å². The first-order chi connectivity index (χ1) is 7.66. The molecule has 82 valence electrons. The maximum atomic E-state index is 13.3. The summed E-state index contributed by atoms with van der Waals surface area (Å²) in [5.74, 6) is -0.953. The zero-order chi connectivity index (χ0) is 11.5. The molecule has 3 N–H and O–H groups in total. The van der Waals surface area contributed by atoms with Crippen LogP contribution >= 0.6 is 0 Å². The molecule has 0 saturated heterocycles. The van der Waals surface area contributed by atoms with E-state index in [-0.39, 0.29) is 11.4 Å². The van der Waals surface area contributed by atoms with Crippen LogP contribution < -0.4 is 11.1 Å². The number of hydrogen-bond acceptors (Lipinski definition) is 3. The van der Waals surface area contributed by atoms with Crippen LogP contribution in [0.4, 0.5) is 15.8 Å². The Hall–Kier alpha value is -2.30. The number of benzene rings is 1. The predicted octanol–water partition coefficient (Wildman–Crippen LogP) is 2.25. The molecular formula is C11H9FN2O2. The van der Waals surface area contributed by atoms with Crippen molar-refractivity contribution in [2.24, 2.45) is 0 Å². The van der Waals surface area contributed by atoms with Crippen molar-refractivity contribution in [1.29, 1.82) is 0 Å². The maximum Gasteiger partial charge on any atom is 0.291 e. The van der Waals surface area contributed by atoms with Gasteiger partial charge in [0.05, 0.1) is 12.0 Å². The predicted molar refractivity (Wildman–Crippen MR) is 57.5 cm³/mol. The minimum Gasteiger partial charge on any atom is -0.459 e. The third kappa shape index (κ3) is 2.03. The molecule has 1 heterocycles. The molecule has 2 rings (SSSR count). The number of furan rings is 1. The van der Waals surface area contributed by atoms with Gasteiger partial charge in [0, 0.05) is 5.69 Å². The van der Waals surface area contributed by atoms with Crippen LogP contribution in [0, 0.1) is 5.82 Å². The lowest BCUT2D eigenvalue weighted by molar-refractivity contribution is 0.0996. The highest BCUT2D eigenvalue weighted by Gasteiger charge is 2.11. The van der Waals surface area contributed by atoms with E-state index in [2.05, 4.69) is 5.32 Å². The quantitative estimate of drug-likeness (QED) is 0.762. The van der Waals surface area contributed by atoms with Gasteiger partial charge in [0.15, 0.2) is 5.76 Å². The molecule has 1 amide bonds. The van der Waals surface area contributed by atoms with Crippen molar-refractivity contribution in [3.63, 3.8) is 0 Å². The first-order valence-electron chi connectivity index (χ1n) is 4.56. The SMILES string of the molecule is Nc1ccc(F)c(NC(=O)c2ccco2)c1. The molecule has 0 saturated carbocycles. The summed E-state index contributed by atoms with van der Waals surface area (Å²) < 4.78 is 18.1. The second-order valence-electron chi connectivity index (χ2n) is 3.17. The van der Waals surface area contributed by atoms with Gasteiger partial charge in [-0.15, -0.1) is 0 Å². The monoisotopic (exact) mass is 220 g/mol. The summed E-state index contributed by atoms with van der Waals surface area (Å²) in [4.78, 5) is 11.5. The van der Waals surface area contributed by atoms with E-state index in [1.54, 1.807) is 6.07 Å². The Balaban J connectivity index is 2.21. The van der Waals surface area contributed by atoms with Crippen LogP contribution in [-0.4, -0.2) is 5.91 Å². The van der Waals surface area contributed by atoms with Crippen molar-refractivity contribution in [2.75, 3.05) is 11.1 Å². The molecule has 0 aliphatic heterocycles. The zero-order valence-corrected chi connectivity index (χ0v) is 8.24. The second kappa shape index (κ2) is 4.06. The van der Waals surface area contributed by atoms with Crippen molar-refractivity contribution in [2.45, 2.75) is 0 Å². The zero-order valence-electron chi connectivity index (χ0n) is 8.24. The molecule has 0 fully saturated rings. The molecule has 1 aromatic carbocycles. The van der Waals surface area contributed by atoms with Gasteiger partial charge in [-0.1, -0.05) is 0 Å². The first kappa shape index (κ1) is 10.2. The normalized spacial score (nSPS) is 10.1. The van der Waals surface area contributed by atoms with Crippen molar-refractivity contribution < 1.29 is 13.6 Å². The molecular weight excluding hydrogens is 211 g/mol. The Bertz CT molecular complexity index is 509. The van der Waals surface area contributed by atoms with Gasteiger partial charge in [0.1, 0.15) is 5.82 Å². The van der Waals surface area contributed by atoms with Gasteiger partial charge in [-0.05, 0) is 30.3 Å². The number of nitrogen functional groups attached to an aromatic ring is 1. The number of hydrogen-bond donors (Lipinski definition) is 2. The molecule has 0 bridgehead atoms. The molecule has 4 nitrogen and oxygen atoms in total. The average Bonchev–Trinajstić information content (AvgIpc) is 2.76. The van der Waals surface area contributed by atoms with Crippen molar-refractivity contribution >= 4 is 17.3 Å². The summed E-state index contributed by atoms with van der Waals surface area (Å²) in [6.07, 6.45) is 1.37. The standard InChI is InChI=1S/C11H9FN2O2/c12-8-4-3-7(13)6-9(8)14-11(15)10-2-1-5-16-10/h1-6H,13H2,(H,14,15). The van der Waals surface area contributed by atoms with Crippen LogP contribution in [0.25, 0.3) is 0 Å². The van der Waals surface area contributed by atoms with E-state index in [4.69, 9.17) is 10.2 Å². The maximum absolute atomic E-state index is 13.3. The van der Waals surface area contributed by atoms with Crippen LogP contribution in [0.1, 0.15) is 10.6 Å². The fourth-order valence-electron chi connectivity index (χ4n) is 1.23. The van der Waals surface area contributed by atoms with E-state index in [0.29, 0.717) is 5.69 Å². The molecule has 0 atom stereocenters. The molecule has 0 radical (unpaired) electrons. The van der Waals surface area contributed by atoms with Crippen LogP contribution in [-0.2, 0) is 0 Å². The van der Waals surface area contributed by atoms with Gasteiger partial charge in [0.25, 0.3) is 5.91 Å². The Labute approximate surface area is 90.9 Å². The molecule has 2 aromatic rings. The lowest BCUT2D eigenvalue weighted by Crippen LogP contribution is -2.12. The van der Waals surface area contributed by atoms with E-state index in [9.17, 15) is 9.18 Å². The first-order valence-corrected chi connectivity index (χ1v) is 4.56. The Kier molecular flexibility index (Phi) is 2.59. The minimum absolute atomic E-state index is 0.0291. The molecule has 5 heteroatoms. The Morgan fingerprint density at radius 1 is 1.38 bits per heavy atom. The average molecular weight is 220 g/mol. The van der Waals surface area contributed by atoms with Gasteiger partial charge >= 0.3 is 0 Å². The third-order valence-electron chi connectivity index (χ3n) is 1.98. The lowest BCUT2D eigenvalue weighted by Gasteiger charge is -2.05. The van der Waals surface area contributed by atoms with Gasteiger partial charge in [-0.3, -0.25) is 4.79 Å². The smallest absolute Gasteiger partial charge is 0.291 e. The number of nitrogens with one attached hydrogen (secondary N) is 1. The highest BCUT2D eigenvalue weighted by molar-refractivity contribution is 6.02. The number of nitrogens with two attached hydrogens (primary N) is 1. The van der Waals surface area contributed by atoms with Gasteiger partial charge in [-0.2, -0.15) is 0 Å². The van der Waals surface area contributed by atoms with Gasteiger partial charge in [-0.25, -0.2) is 4.39 Å². The van der Waals surface area contributed by atoms with Crippen LogP contribution in [0.5, 0.6) is 0 Å². The minimum atomic E-state index is -0.547. The summed E-state index contributed by atoms with van der Waals surface area (Å²) in [7, 11) is 0. The fraction of sp³-hybridized carbons (Fsp3) is 0. The van der Waals surface area contributed by atoms with E-state index in [1.807, 2.05) is 0 Å². The highest BCUT2D eigenvalue weighted by atomic mass is 19.1. The molecule has 0 aliphatic rings. The summed E-state index contributed by atoms with van der Waals surface area (Å²) in [5, 5.41) is 2.37. The molecule has 0 spiro atoms. The van der Waals surface area contributed by atoms with Crippen molar-refractivity contribution in [3.8, 4) is 0 Å². The number of carbonyl (C=O) groups excluding carboxylic acids is 1. The van der Waals surface area contributed by atoms with Crippen LogP contribution in [0.15, 0.2) is 41.0 Å². The number of rotatable bonds is 2. The molecule has 1 aromatic heterocycles. The summed E-state index contributed by atoms with van der Waals surface area (Å²) in [6.45, 7) is 0.